The van der Waals surface area contributed by atoms with Crippen molar-refractivity contribution in [2.75, 3.05) is 30.9 Å². The average molecular weight is 402 g/mol. The summed E-state index contributed by atoms with van der Waals surface area (Å²) >= 11 is 0. The summed E-state index contributed by atoms with van der Waals surface area (Å²) < 4.78 is 0. The fourth-order valence-corrected chi connectivity index (χ4v) is 3.42. The predicted octanol–water partition coefficient (Wildman–Crippen LogP) is 4.78. The summed E-state index contributed by atoms with van der Waals surface area (Å²) in [5.41, 5.74) is 5.10. The van der Waals surface area contributed by atoms with Crippen molar-refractivity contribution in [1.29, 1.82) is 0 Å². The van der Waals surface area contributed by atoms with Crippen molar-refractivity contribution in [3.8, 4) is 0 Å². The Morgan fingerprint density at radius 2 is 1.40 bits per heavy atom. The fourth-order valence-electron chi connectivity index (χ4n) is 3.42. The van der Waals surface area contributed by atoms with Gasteiger partial charge in [0.25, 0.3) is 5.91 Å². The lowest BCUT2D eigenvalue weighted by atomic mass is 10.1. The zero-order chi connectivity index (χ0) is 21.7. The third kappa shape index (κ3) is 4.69. The predicted molar refractivity (Wildman–Crippen MR) is 122 cm³/mol. The van der Waals surface area contributed by atoms with Gasteiger partial charge in [0.2, 0.25) is 5.91 Å². The number of aryl methyl sites for hydroxylation is 2. The van der Waals surface area contributed by atoms with Crippen LogP contribution in [0.1, 0.15) is 21.5 Å². The molecule has 0 unspecified atom stereocenters. The highest BCUT2D eigenvalue weighted by Crippen LogP contribution is 2.27. The average Bonchev–Trinajstić information content (AvgIpc) is 2.76. The Kier molecular flexibility index (Phi) is 6.52. The van der Waals surface area contributed by atoms with E-state index in [1.165, 1.54) is 4.90 Å². The van der Waals surface area contributed by atoms with Crippen molar-refractivity contribution in [2.24, 2.45) is 0 Å². The summed E-state index contributed by atoms with van der Waals surface area (Å²) in [6, 6.07) is 23.1. The highest BCUT2D eigenvalue weighted by Gasteiger charge is 2.20. The van der Waals surface area contributed by atoms with Gasteiger partial charge in [0.05, 0.1) is 17.8 Å². The van der Waals surface area contributed by atoms with E-state index in [2.05, 4.69) is 5.32 Å². The van der Waals surface area contributed by atoms with E-state index in [1.807, 2.05) is 92.5 Å². The number of carbonyl (C=O) groups excluding carboxylic acids is 2. The summed E-state index contributed by atoms with van der Waals surface area (Å²) in [6.45, 7) is 3.87. The Balaban J connectivity index is 1.76. The Morgan fingerprint density at radius 1 is 0.800 bits per heavy atom. The van der Waals surface area contributed by atoms with Gasteiger partial charge in [-0.05, 0) is 49.2 Å². The molecule has 0 aliphatic heterocycles. The monoisotopic (exact) mass is 401 g/mol. The van der Waals surface area contributed by atoms with Gasteiger partial charge < -0.3 is 15.1 Å². The minimum Gasteiger partial charge on any atom is -0.344 e. The zero-order valence-corrected chi connectivity index (χ0v) is 17.8. The molecule has 154 valence electrons. The number of likely N-dealkylation sites (N-methyl/N-ethyl adjacent to an activating group) is 1. The van der Waals surface area contributed by atoms with E-state index in [-0.39, 0.29) is 18.4 Å². The van der Waals surface area contributed by atoms with E-state index in [0.29, 0.717) is 5.56 Å². The van der Waals surface area contributed by atoms with Crippen LogP contribution < -0.4 is 10.2 Å². The van der Waals surface area contributed by atoms with Crippen LogP contribution in [0.15, 0.2) is 72.8 Å². The Labute approximate surface area is 177 Å². The molecule has 0 atom stereocenters. The van der Waals surface area contributed by atoms with Gasteiger partial charge in [-0.1, -0.05) is 48.5 Å². The van der Waals surface area contributed by atoms with Gasteiger partial charge in [0.15, 0.2) is 0 Å². The summed E-state index contributed by atoms with van der Waals surface area (Å²) in [5.74, 6) is -0.429. The fraction of sp³-hybridized carbons (Fsp3) is 0.200. The molecule has 0 aliphatic carbocycles. The molecule has 0 bridgehead atoms. The topological polar surface area (TPSA) is 52.7 Å². The molecular formula is C25H27N3O2. The summed E-state index contributed by atoms with van der Waals surface area (Å²) in [7, 11) is 3.57. The molecule has 5 heteroatoms. The van der Waals surface area contributed by atoms with Crippen molar-refractivity contribution in [1.82, 2.24) is 4.90 Å². The lowest BCUT2D eigenvalue weighted by Gasteiger charge is -2.24. The maximum atomic E-state index is 13.1. The van der Waals surface area contributed by atoms with E-state index in [0.717, 1.165) is 28.2 Å². The quantitative estimate of drug-likeness (QED) is 0.647. The normalized spacial score (nSPS) is 10.4. The van der Waals surface area contributed by atoms with Crippen molar-refractivity contribution in [2.45, 2.75) is 13.8 Å². The second-order valence-electron chi connectivity index (χ2n) is 7.39. The SMILES string of the molecule is Cc1cccc(C)c1NC(=O)CN(C)C(=O)c1ccccc1N(C)c1ccccc1. The number of hydrogen-bond donors (Lipinski definition) is 1. The highest BCUT2D eigenvalue weighted by atomic mass is 16.2. The largest absolute Gasteiger partial charge is 0.344 e. The number of nitrogens with one attached hydrogen (secondary N) is 1. The molecule has 0 spiro atoms. The van der Waals surface area contributed by atoms with E-state index in [1.54, 1.807) is 13.1 Å². The van der Waals surface area contributed by atoms with Crippen LogP contribution in [0.2, 0.25) is 0 Å². The van der Waals surface area contributed by atoms with Gasteiger partial charge in [-0.2, -0.15) is 0 Å². The summed E-state index contributed by atoms with van der Waals surface area (Å²) in [5, 5.41) is 2.94. The standard InChI is InChI=1S/C25H27N3O2/c1-18-11-10-12-19(2)24(18)26-23(29)17-27(3)25(30)21-15-8-9-16-22(21)28(4)20-13-6-5-7-14-20/h5-16H,17H2,1-4H3,(H,26,29). The maximum absolute atomic E-state index is 13.1. The molecule has 30 heavy (non-hydrogen) atoms. The van der Waals surface area contributed by atoms with Gasteiger partial charge >= 0.3 is 0 Å². The number of nitrogens with zero attached hydrogens (tertiary/aromatic N) is 2. The van der Waals surface area contributed by atoms with Crippen LogP contribution in [0.3, 0.4) is 0 Å². The van der Waals surface area contributed by atoms with Crippen LogP contribution in [-0.4, -0.2) is 37.4 Å². The van der Waals surface area contributed by atoms with Gasteiger partial charge in [0, 0.05) is 25.5 Å². The Hall–Kier alpha value is -3.60. The summed E-state index contributed by atoms with van der Waals surface area (Å²) in [6.07, 6.45) is 0. The van der Waals surface area contributed by atoms with Crippen LogP contribution >= 0.6 is 0 Å². The number of para-hydroxylation sites is 3. The minimum absolute atomic E-state index is 0.0318. The number of rotatable bonds is 6. The van der Waals surface area contributed by atoms with Gasteiger partial charge in [-0.3, -0.25) is 9.59 Å². The number of amides is 2. The smallest absolute Gasteiger partial charge is 0.256 e. The van der Waals surface area contributed by atoms with Crippen molar-refractivity contribution in [3.05, 3.63) is 89.5 Å². The van der Waals surface area contributed by atoms with Gasteiger partial charge in [-0.15, -0.1) is 0 Å². The molecule has 1 N–H and O–H groups in total. The molecule has 0 aromatic heterocycles. The third-order valence-corrected chi connectivity index (χ3v) is 5.11. The molecule has 0 heterocycles. The van der Waals surface area contributed by atoms with Gasteiger partial charge in [0.1, 0.15) is 0 Å². The van der Waals surface area contributed by atoms with E-state index in [9.17, 15) is 9.59 Å². The first-order chi connectivity index (χ1) is 14.4. The number of hydrogen-bond acceptors (Lipinski definition) is 3. The molecule has 3 aromatic carbocycles. The third-order valence-electron chi connectivity index (χ3n) is 5.11. The highest BCUT2D eigenvalue weighted by molar-refractivity contribution is 6.03. The molecule has 0 radical (unpaired) electrons. The number of carbonyl (C=O) groups is 2. The second-order valence-corrected chi connectivity index (χ2v) is 7.39. The van der Waals surface area contributed by atoms with Crippen LogP contribution in [-0.2, 0) is 4.79 Å². The first-order valence-electron chi connectivity index (χ1n) is 9.88. The molecule has 0 aliphatic rings. The maximum Gasteiger partial charge on any atom is 0.256 e. The number of benzene rings is 3. The molecule has 3 rings (SSSR count). The van der Waals surface area contributed by atoms with E-state index in [4.69, 9.17) is 0 Å². The van der Waals surface area contributed by atoms with Crippen molar-refractivity contribution >= 4 is 28.9 Å². The Morgan fingerprint density at radius 3 is 2.07 bits per heavy atom. The van der Waals surface area contributed by atoms with E-state index < -0.39 is 0 Å². The van der Waals surface area contributed by atoms with Crippen LogP contribution in [0, 0.1) is 13.8 Å². The minimum atomic E-state index is -0.225. The van der Waals surface area contributed by atoms with Gasteiger partial charge in [-0.25, -0.2) is 0 Å². The summed E-state index contributed by atoms with van der Waals surface area (Å²) in [4.78, 5) is 29.1. The molecule has 0 saturated heterocycles. The first-order valence-corrected chi connectivity index (χ1v) is 9.88. The number of anilines is 3. The molecule has 3 aromatic rings. The van der Waals surface area contributed by atoms with Crippen LogP contribution in [0.25, 0.3) is 0 Å². The molecule has 0 fully saturated rings. The molecule has 2 amide bonds. The lowest BCUT2D eigenvalue weighted by molar-refractivity contribution is -0.116. The second kappa shape index (κ2) is 9.27. The molecule has 5 nitrogen and oxygen atoms in total. The Bertz CT molecular complexity index is 1030. The first kappa shape index (κ1) is 21.1. The van der Waals surface area contributed by atoms with Crippen molar-refractivity contribution < 1.29 is 9.59 Å². The molecular weight excluding hydrogens is 374 g/mol. The zero-order valence-electron chi connectivity index (χ0n) is 17.8. The van der Waals surface area contributed by atoms with E-state index >= 15 is 0 Å². The lowest BCUT2D eigenvalue weighted by Crippen LogP contribution is -2.35. The van der Waals surface area contributed by atoms with Crippen LogP contribution in [0.5, 0.6) is 0 Å². The van der Waals surface area contributed by atoms with Crippen LogP contribution in [0.4, 0.5) is 17.1 Å². The van der Waals surface area contributed by atoms with Crippen molar-refractivity contribution in [3.63, 3.8) is 0 Å². The molecule has 0 saturated carbocycles.